The van der Waals surface area contributed by atoms with Crippen molar-refractivity contribution in [2.75, 3.05) is 5.88 Å². The molecule has 0 aromatic heterocycles. The van der Waals surface area contributed by atoms with Gasteiger partial charge in [-0.3, -0.25) is 4.79 Å². The number of fused-ring (bicyclic) bond motifs is 1. The number of ether oxygens (including phenoxy) is 1. The number of hydrogen-bond acceptors (Lipinski definition) is 6. The number of esters is 1. The van der Waals surface area contributed by atoms with Crippen LogP contribution in [0.2, 0.25) is 0 Å². The Morgan fingerprint density at radius 3 is 2.82 bits per heavy atom. The highest BCUT2D eigenvalue weighted by atomic mass is 35.5. The second-order valence-corrected chi connectivity index (χ2v) is 6.44. The van der Waals surface area contributed by atoms with Crippen molar-refractivity contribution in [1.82, 2.24) is 5.32 Å². The van der Waals surface area contributed by atoms with Crippen LogP contribution < -0.4 is 11.1 Å². The number of alkyl halides is 1. The summed E-state index contributed by atoms with van der Waals surface area (Å²) in [6.07, 6.45) is -0.578. The van der Waals surface area contributed by atoms with E-state index >= 15 is 0 Å². The van der Waals surface area contributed by atoms with E-state index in [-0.39, 0.29) is 30.1 Å². The summed E-state index contributed by atoms with van der Waals surface area (Å²) in [5.74, 6) is -1.90. The van der Waals surface area contributed by atoms with E-state index in [1.165, 1.54) is 6.92 Å². The van der Waals surface area contributed by atoms with Gasteiger partial charge < -0.3 is 26.0 Å². The van der Waals surface area contributed by atoms with Crippen molar-refractivity contribution < 1.29 is 24.5 Å². The van der Waals surface area contributed by atoms with Crippen LogP contribution in [0.1, 0.15) is 26.7 Å². The number of nitrogens with one attached hydrogen (secondary N) is 1. The normalized spacial score (nSPS) is 36.4. The quantitative estimate of drug-likeness (QED) is 0.425. The number of carbonyl (C=O) groups is 2. The Balaban J connectivity index is 2.42. The van der Waals surface area contributed by atoms with Crippen LogP contribution in [0.4, 0.5) is 0 Å². The van der Waals surface area contributed by atoms with E-state index in [4.69, 9.17) is 22.1 Å². The highest BCUT2D eigenvalue weighted by Crippen LogP contribution is 2.42. The molecule has 0 saturated carbocycles. The molecular weight excluding hydrogens is 312 g/mol. The predicted octanol–water partition coefficient (Wildman–Crippen LogP) is -0.0443. The van der Waals surface area contributed by atoms with Gasteiger partial charge in [-0.15, -0.1) is 11.6 Å². The molecule has 1 saturated heterocycles. The maximum atomic E-state index is 12.2. The van der Waals surface area contributed by atoms with Crippen molar-refractivity contribution in [3.63, 3.8) is 0 Å². The zero-order valence-electron chi connectivity index (χ0n) is 12.5. The summed E-state index contributed by atoms with van der Waals surface area (Å²) in [7, 11) is 0. The molecule has 7 nitrogen and oxygen atoms in total. The van der Waals surface area contributed by atoms with Crippen LogP contribution in [0.3, 0.4) is 0 Å². The minimum Gasteiger partial charge on any atom is -0.512 e. The van der Waals surface area contributed by atoms with Crippen molar-refractivity contribution in [1.29, 1.82) is 0 Å². The van der Waals surface area contributed by atoms with Gasteiger partial charge in [-0.2, -0.15) is 0 Å². The van der Waals surface area contributed by atoms with E-state index in [1.54, 1.807) is 6.92 Å². The summed E-state index contributed by atoms with van der Waals surface area (Å²) in [6, 6.07) is -1.42. The van der Waals surface area contributed by atoms with Gasteiger partial charge in [-0.05, 0) is 20.3 Å². The molecule has 0 radical (unpaired) electrons. The number of aliphatic hydroxyl groups is 2. The number of hydrogen-bond donors (Lipinski definition) is 4. The average Bonchev–Trinajstić information content (AvgIpc) is 2.41. The largest absolute Gasteiger partial charge is 0.512 e. The van der Waals surface area contributed by atoms with Gasteiger partial charge in [0.1, 0.15) is 11.4 Å². The van der Waals surface area contributed by atoms with Crippen LogP contribution in [-0.4, -0.2) is 51.8 Å². The maximum Gasteiger partial charge on any atom is 0.338 e. The number of aliphatic hydroxyl groups excluding tert-OH is 2. The van der Waals surface area contributed by atoms with Gasteiger partial charge in [0, 0.05) is 12.3 Å². The molecule has 0 spiro atoms. The Bertz CT molecular complexity index is 521. The number of nitrogens with two attached hydrogens (primary N) is 1. The molecular formula is C14H21ClN2O5. The topological polar surface area (TPSA) is 122 Å². The lowest BCUT2D eigenvalue weighted by molar-refractivity contribution is -0.166. The van der Waals surface area contributed by atoms with E-state index in [0.29, 0.717) is 0 Å². The Labute approximate surface area is 133 Å². The number of amides is 1. The number of cyclic esters (lactones) is 1. The second kappa shape index (κ2) is 6.06. The zero-order valence-corrected chi connectivity index (χ0v) is 13.3. The van der Waals surface area contributed by atoms with Crippen molar-refractivity contribution in [2.45, 2.75) is 50.5 Å². The molecule has 0 bridgehead atoms. The van der Waals surface area contributed by atoms with Crippen molar-refractivity contribution >= 4 is 23.5 Å². The first-order chi connectivity index (χ1) is 10.2. The average molecular weight is 333 g/mol. The van der Waals surface area contributed by atoms with Crippen LogP contribution in [0.5, 0.6) is 0 Å². The van der Waals surface area contributed by atoms with Crippen LogP contribution in [-0.2, 0) is 14.3 Å². The fraction of sp³-hybridized carbons (Fsp3) is 0.714. The Morgan fingerprint density at radius 2 is 2.27 bits per heavy atom. The summed E-state index contributed by atoms with van der Waals surface area (Å²) in [5.41, 5.74) is 4.53. The van der Waals surface area contributed by atoms with Crippen LogP contribution in [0.15, 0.2) is 11.3 Å². The fourth-order valence-electron chi connectivity index (χ4n) is 3.02. The van der Waals surface area contributed by atoms with E-state index in [9.17, 15) is 19.8 Å². The summed E-state index contributed by atoms with van der Waals surface area (Å²) in [6.45, 7) is 3.14. The SMILES string of the molecule is C[C@H](N)C(=O)N[C@@H]1[C@@H]2C[C@H](O)CC(O)=C2C(=O)O[C@]1(C)CCl. The molecule has 1 aliphatic carbocycles. The Morgan fingerprint density at radius 1 is 1.64 bits per heavy atom. The highest BCUT2D eigenvalue weighted by molar-refractivity contribution is 6.18. The molecule has 1 amide bonds. The van der Waals surface area contributed by atoms with E-state index in [2.05, 4.69) is 5.32 Å². The molecule has 8 heteroatoms. The molecule has 1 aliphatic heterocycles. The third kappa shape index (κ3) is 2.93. The van der Waals surface area contributed by atoms with Crippen molar-refractivity contribution in [2.24, 2.45) is 11.7 Å². The van der Waals surface area contributed by atoms with Crippen molar-refractivity contribution in [3.8, 4) is 0 Å². The molecule has 22 heavy (non-hydrogen) atoms. The molecule has 0 aromatic rings. The first kappa shape index (κ1) is 17.1. The van der Waals surface area contributed by atoms with E-state index in [1.807, 2.05) is 0 Å². The van der Waals surface area contributed by atoms with Gasteiger partial charge >= 0.3 is 5.97 Å². The molecule has 5 N–H and O–H groups in total. The summed E-state index contributed by atoms with van der Waals surface area (Å²) in [5, 5.41) is 22.6. The number of rotatable bonds is 3. The first-order valence-electron chi connectivity index (χ1n) is 7.15. The summed E-state index contributed by atoms with van der Waals surface area (Å²) >= 11 is 5.95. The lowest BCUT2D eigenvalue weighted by atomic mass is 9.72. The fourth-order valence-corrected chi connectivity index (χ4v) is 3.24. The lowest BCUT2D eigenvalue weighted by Crippen LogP contribution is -2.64. The van der Waals surface area contributed by atoms with Gasteiger partial charge in [0.15, 0.2) is 0 Å². The monoisotopic (exact) mass is 332 g/mol. The minimum atomic E-state index is -1.14. The molecule has 0 aromatic carbocycles. The summed E-state index contributed by atoms with van der Waals surface area (Å²) < 4.78 is 5.37. The Hall–Kier alpha value is -1.31. The van der Waals surface area contributed by atoms with Gasteiger partial charge in [-0.1, -0.05) is 0 Å². The summed E-state index contributed by atoms with van der Waals surface area (Å²) in [4.78, 5) is 24.1. The number of halogens is 1. The molecule has 5 atom stereocenters. The van der Waals surface area contributed by atoms with Gasteiger partial charge in [0.25, 0.3) is 0 Å². The molecule has 2 aliphatic rings. The Kier molecular flexibility index (Phi) is 4.70. The molecule has 2 rings (SSSR count). The molecule has 124 valence electrons. The van der Waals surface area contributed by atoms with Gasteiger partial charge in [0.05, 0.1) is 29.6 Å². The number of carbonyl (C=O) groups excluding carboxylic acids is 2. The highest BCUT2D eigenvalue weighted by Gasteiger charge is 2.53. The van der Waals surface area contributed by atoms with Crippen LogP contribution >= 0.6 is 11.6 Å². The van der Waals surface area contributed by atoms with E-state index < -0.39 is 41.6 Å². The molecule has 1 fully saturated rings. The van der Waals surface area contributed by atoms with Crippen LogP contribution in [0, 0.1) is 5.92 Å². The minimum absolute atomic E-state index is 0.00746. The zero-order chi connectivity index (χ0) is 16.7. The maximum absolute atomic E-state index is 12.2. The third-order valence-corrected chi connectivity index (χ3v) is 4.75. The van der Waals surface area contributed by atoms with E-state index in [0.717, 1.165) is 0 Å². The molecule has 0 unspecified atom stereocenters. The van der Waals surface area contributed by atoms with Gasteiger partial charge in [-0.25, -0.2) is 4.79 Å². The third-order valence-electron chi connectivity index (χ3n) is 4.22. The second-order valence-electron chi connectivity index (χ2n) is 6.17. The standard InChI is InChI=1S/C14H21ClN2O5/c1-6(16)12(20)17-11-8-3-7(18)4-9(19)10(8)13(21)22-14(11,2)5-15/h6-8,11,18-19H,3-5,16H2,1-2H3,(H,17,20)/t6-,7-,8+,11+,14+/m0/s1. The lowest BCUT2D eigenvalue weighted by Gasteiger charge is -2.47. The van der Waals surface area contributed by atoms with Gasteiger partial charge in [0.2, 0.25) is 5.91 Å². The van der Waals surface area contributed by atoms with Crippen LogP contribution in [0.25, 0.3) is 0 Å². The molecule has 1 heterocycles. The van der Waals surface area contributed by atoms with Crippen molar-refractivity contribution in [3.05, 3.63) is 11.3 Å². The first-order valence-corrected chi connectivity index (χ1v) is 7.68. The smallest absolute Gasteiger partial charge is 0.338 e. The predicted molar refractivity (Wildman–Crippen MR) is 79.2 cm³/mol.